The van der Waals surface area contributed by atoms with Crippen LogP contribution in [0.4, 0.5) is 4.39 Å². The van der Waals surface area contributed by atoms with Crippen molar-refractivity contribution in [3.05, 3.63) is 52.3 Å². The second kappa shape index (κ2) is 9.48. The molecule has 5 nitrogen and oxygen atoms in total. The topological polar surface area (TPSA) is 70.1 Å². The van der Waals surface area contributed by atoms with Gasteiger partial charge in [-0.3, -0.25) is 4.79 Å². The molecule has 2 fully saturated rings. The summed E-state index contributed by atoms with van der Waals surface area (Å²) in [4.78, 5) is 18.6. The number of fused-ring (bicyclic) bond motifs is 1. The Balaban J connectivity index is 1.86. The third kappa shape index (κ3) is 3.90. The number of nitrogens with zero attached hydrogens (tertiary/aromatic N) is 2. The van der Waals surface area contributed by atoms with Crippen LogP contribution in [0.15, 0.2) is 36.4 Å². The molecule has 8 heteroatoms. The van der Waals surface area contributed by atoms with E-state index in [9.17, 15) is 9.18 Å². The van der Waals surface area contributed by atoms with Gasteiger partial charge in [-0.15, -0.1) is 0 Å². The first-order valence-electron chi connectivity index (χ1n) is 11.9. The Kier molecular flexibility index (Phi) is 6.58. The van der Waals surface area contributed by atoms with Crippen LogP contribution in [0.5, 0.6) is 0 Å². The fourth-order valence-electron chi connectivity index (χ4n) is 6.13. The molecule has 1 aliphatic heterocycles. The van der Waals surface area contributed by atoms with E-state index in [1.54, 1.807) is 18.2 Å². The summed E-state index contributed by atoms with van der Waals surface area (Å²) in [5.41, 5.74) is 7.21. The van der Waals surface area contributed by atoms with E-state index in [0.29, 0.717) is 47.9 Å². The number of nitrogens with two attached hydrogens (primary N) is 1. The minimum Gasteiger partial charge on any atom is -0.381 e. The van der Waals surface area contributed by atoms with Crippen molar-refractivity contribution in [1.82, 2.24) is 9.55 Å². The molecule has 1 aliphatic carbocycles. The van der Waals surface area contributed by atoms with Gasteiger partial charge in [0.05, 0.1) is 16.1 Å². The molecule has 180 valence electrons. The van der Waals surface area contributed by atoms with E-state index in [1.807, 2.05) is 16.7 Å². The number of carbonyl (C=O) groups is 1. The van der Waals surface area contributed by atoms with Crippen molar-refractivity contribution in [1.29, 1.82) is 0 Å². The summed E-state index contributed by atoms with van der Waals surface area (Å²) in [6, 6.07) is 10.2. The number of aromatic nitrogens is 2. The summed E-state index contributed by atoms with van der Waals surface area (Å²) in [6.07, 6.45) is 6.46. The number of benzene rings is 2. The lowest BCUT2D eigenvalue weighted by molar-refractivity contribution is -0.137. The second-order valence-corrected chi connectivity index (χ2v) is 10.3. The SMILES string of the molecule is NC(=O)C(C1CCCCC1)(C1CCOCC1)n1c(-c2ccc(Cl)cc2)nc2cc(F)c(Cl)cc21. The fraction of sp³-hybridized carbons (Fsp3) is 0.462. The Hall–Kier alpha value is -2.15. The highest BCUT2D eigenvalue weighted by atomic mass is 35.5. The van der Waals surface area contributed by atoms with E-state index in [4.69, 9.17) is 38.7 Å². The highest BCUT2D eigenvalue weighted by Gasteiger charge is 2.53. The number of halogens is 3. The summed E-state index contributed by atoms with van der Waals surface area (Å²) < 4.78 is 22.2. The van der Waals surface area contributed by atoms with Crippen molar-refractivity contribution in [3.63, 3.8) is 0 Å². The van der Waals surface area contributed by atoms with Crippen LogP contribution >= 0.6 is 23.2 Å². The zero-order chi connectivity index (χ0) is 23.9. The number of rotatable bonds is 5. The molecule has 1 amide bonds. The van der Waals surface area contributed by atoms with Crippen LogP contribution in [-0.2, 0) is 15.1 Å². The summed E-state index contributed by atoms with van der Waals surface area (Å²) in [5, 5.41) is 0.587. The molecule has 5 rings (SSSR count). The van der Waals surface area contributed by atoms with Crippen molar-refractivity contribution >= 4 is 40.1 Å². The fourth-order valence-corrected chi connectivity index (χ4v) is 6.42. The average Bonchev–Trinajstić information content (AvgIpc) is 3.20. The van der Waals surface area contributed by atoms with E-state index in [2.05, 4.69) is 0 Å². The lowest BCUT2D eigenvalue weighted by Crippen LogP contribution is -2.58. The number of ether oxygens (including phenoxy) is 1. The standard InChI is InChI=1S/C26H28Cl2FN3O2/c27-19-8-6-16(7-9-19)24-31-22-15-21(29)20(28)14-23(22)32(24)26(25(30)33,17-4-2-1-3-5-17)18-10-12-34-13-11-18/h6-9,14-15,17-18H,1-5,10-13H2,(H2,30,33). The molecule has 2 aliphatic rings. The molecule has 34 heavy (non-hydrogen) atoms. The van der Waals surface area contributed by atoms with Crippen molar-refractivity contribution in [2.45, 2.75) is 50.5 Å². The van der Waals surface area contributed by atoms with E-state index >= 15 is 0 Å². The maximum Gasteiger partial charge on any atom is 0.244 e. The van der Waals surface area contributed by atoms with Gasteiger partial charge in [-0.2, -0.15) is 0 Å². The number of hydrogen-bond acceptors (Lipinski definition) is 3. The lowest BCUT2D eigenvalue weighted by atomic mass is 9.65. The Morgan fingerprint density at radius 3 is 2.32 bits per heavy atom. The van der Waals surface area contributed by atoms with Crippen LogP contribution < -0.4 is 5.73 Å². The predicted octanol–water partition coefficient (Wildman–Crippen LogP) is 6.34. The van der Waals surface area contributed by atoms with Crippen molar-refractivity contribution < 1.29 is 13.9 Å². The van der Waals surface area contributed by atoms with E-state index < -0.39 is 11.4 Å². The van der Waals surface area contributed by atoms with Gasteiger partial charge in [0.15, 0.2) is 0 Å². The van der Waals surface area contributed by atoms with Crippen molar-refractivity contribution in [3.8, 4) is 11.4 Å². The number of carbonyl (C=O) groups excluding carboxylic acids is 1. The predicted molar refractivity (Wildman–Crippen MR) is 132 cm³/mol. The minimum atomic E-state index is -1.03. The van der Waals surface area contributed by atoms with Crippen LogP contribution in [0.2, 0.25) is 10.0 Å². The summed E-state index contributed by atoms with van der Waals surface area (Å²) in [7, 11) is 0. The number of imidazole rings is 1. The zero-order valence-corrected chi connectivity index (χ0v) is 20.4. The van der Waals surface area contributed by atoms with Gasteiger partial charge in [0.1, 0.15) is 17.2 Å². The normalized spacial score (nSPS) is 19.9. The maximum atomic E-state index is 14.5. The van der Waals surface area contributed by atoms with Gasteiger partial charge in [0.2, 0.25) is 5.91 Å². The van der Waals surface area contributed by atoms with Crippen LogP contribution in [0.1, 0.15) is 44.9 Å². The van der Waals surface area contributed by atoms with E-state index in [0.717, 1.165) is 37.7 Å². The molecule has 2 N–H and O–H groups in total. The number of amides is 1. The Labute approximate surface area is 208 Å². The molecular formula is C26H28Cl2FN3O2. The second-order valence-electron chi connectivity index (χ2n) is 9.44. The molecule has 0 radical (unpaired) electrons. The molecule has 0 spiro atoms. The van der Waals surface area contributed by atoms with Crippen molar-refractivity contribution in [2.24, 2.45) is 17.6 Å². The van der Waals surface area contributed by atoms with Crippen LogP contribution in [-0.4, -0.2) is 28.7 Å². The van der Waals surface area contributed by atoms with Gasteiger partial charge < -0.3 is 15.0 Å². The van der Waals surface area contributed by atoms with Gasteiger partial charge in [-0.05, 0) is 67.9 Å². The molecule has 0 bridgehead atoms. The largest absolute Gasteiger partial charge is 0.381 e. The third-order valence-electron chi connectivity index (χ3n) is 7.63. The molecule has 1 saturated carbocycles. The first kappa shape index (κ1) is 23.6. The molecular weight excluding hydrogens is 476 g/mol. The first-order valence-corrected chi connectivity index (χ1v) is 12.7. The van der Waals surface area contributed by atoms with Gasteiger partial charge >= 0.3 is 0 Å². The van der Waals surface area contributed by atoms with Crippen molar-refractivity contribution in [2.75, 3.05) is 13.2 Å². The maximum absolute atomic E-state index is 14.5. The molecule has 3 aromatic rings. The first-order chi connectivity index (χ1) is 16.4. The molecule has 2 aromatic carbocycles. The van der Waals surface area contributed by atoms with Crippen LogP contribution in [0.3, 0.4) is 0 Å². The summed E-state index contributed by atoms with van der Waals surface area (Å²) in [5.74, 6) is -0.344. The Bertz CT molecular complexity index is 1180. The van der Waals surface area contributed by atoms with Gasteiger partial charge in [-0.1, -0.05) is 42.5 Å². The molecule has 1 unspecified atom stereocenters. The van der Waals surface area contributed by atoms with Gasteiger partial charge in [0.25, 0.3) is 0 Å². The minimum absolute atomic E-state index is 0.00898. The average molecular weight is 504 g/mol. The highest BCUT2D eigenvalue weighted by Crippen LogP contribution is 2.49. The summed E-state index contributed by atoms with van der Waals surface area (Å²) >= 11 is 12.4. The molecule has 2 heterocycles. The lowest BCUT2D eigenvalue weighted by Gasteiger charge is -2.48. The van der Waals surface area contributed by atoms with E-state index in [1.165, 1.54) is 6.07 Å². The Morgan fingerprint density at radius 2 is 1.68 bits per heavy atom. The molecule has 1 saturated heterocycles. The van der Waals surface area contributed by atoms with Gasteiger partial charge in [0, 0.05) is 29.9 Å². The highest BCUT2D eigenvalue weighted by molar-refractivity contribution is 6.31. The van der Waals surface area contributed by atoms with Crippen LogP contribution in [0.25, 0.3) is 22.4 Å². The number of primary amides is 1. The smallest absolute Gasteiger partial charge is 0.244 e. The van der Waals surface area contributed by atoms with Crippen LogP contribution in [0, 0.1) is 17.7 Å². The summed E-state index contributed by atoms with van der Waals surface area (Å²) in [6.45, 7) is 1.15. The zero-order valence-electron chi connectivity index (χ0n) is 18.9. The van der Waals surface area contributed by atoms with E-state index in [-0.39, 0.29) is 22.8 Å². The molecule has 1 atom stereocenters. The quantitative estimate of drug-likeness (QED) is 0.441. The number of hydrogen-bond donors (Lipinski definition) is 1. The Morgan fingerprint density at radius 1 is 1.03 bits per heavy atom. The van der Waals surface area contributed by atoms with Gasteiger partial charge in [-0.25, -0.2) is 9.37 Å². The molecule has 1 aromatic heterocycles. The monoisotopic (exact) mass is 503 g/mol. The third-order valence-corrected chi connectivity index (χ3v) is 8.18.